The number of rotatable bonds is 24. The minimum Gasteiger partial charge on any atom is -0.390 e. The lowest BCUT2D eigenvalue weighted by Crippen LogP contribution is -2.37. The van der Waals surface area contributed by atoms with Gasteiger partial charge >= 0.3 is 0 Å². The lowest BCUT2D eigenvalue weighted by atomic mass is 9.59. The average Bonchev–Trinajstić information content (AvgIpc) is 1.62. The third kappa shape index (κ3) is 26.4. The van der Waals surface area contributed by atoms with Gasteiger partial charge in [-0.05, 0) is 425 Å². The summed E-state index contributed by atoms with van der Waals surface area (Å²) in [5, 5.41) is 122. The Morgan fingerprint density at radius 1 is 0.282 bits per heavy atom. The molecule has 12 saturated carbocycles. The third-order valence-electron chi connectivity index (χ3n) is 36.3. The van der Waals surface area contributed by atoms with Gasteiger partial charge in [-0.15, -0.1) is 0 Å². The van der Waals surface area contributed by atoms with Crippen LogP contribution < -0.4 is 0 Å². The number of aliphatic hydroxyl groups is 12. The van der Waals surface area contributed by atoms with Crippen molar-refractivity contribution >= 4 is 0 Å². The maximum atomic E-state index is 10.2. The summed E-state index contributed by atoms with van der Waals surface area (Å²) in [5.74, 6) is 10.8. The van der Waals surface area contributed by atoms with Gasteiger partial charge in [0.25, 0.3) is 0 Å². The summed E-state index contributed by atoms with van der Waals surface area (Å²) < 4.78 is 0. The van der Waals surface area contributed by atoms with E-state index in [4.69, 9.17) is 0 Å². The van der Waals surface area contributed by atoms with Gasteiger partial charge in [0.15, 0.2) is 0 Å². The summed E-state index contributed by atoms with van der Waals surface area (Å²) in [4.78, 5) is 0. The van der Waals surface area contributed by atoms with Gasteiger partial charge in [0.1, 0.15) is 0 Å². The second-order valence-corrected chi connectivity index (χ2v) is 47.5. The second kappa shape index (κ2) is 43.4. The number of hydrogen-bond acceptors (Lipinski definition) is 12. The van der Waals surface area contributed by atoms with Crippen LogP contribution in [0.3, 0.4) is 0 Å². The molecule has 0 aromatic carbocycles. The van der Waals surface area contributed by atoms with Crippen molar-refractivity contribution in [2.24, 2.45) is 116 Å². The predicted molar refractivity (Wildman–Crippen MR) is 514 cm³/mol. The molecule has 0 spiro atoms. The van der Waals surface area contributed by atoms with E-state index in [9.17, 15) is 61.3 Å². The molecular formula is C112H184O12. The van der Waals surface area contributed by atoms with Gasteiger partial charge < -0.3 is 61.3 Å². The average molecular weight is 1720 g/mol. The maximum Gasteiger partial charge on any atom is 0.0809 e. The number of aliphatic hydroxyl groups excluding tert-OH is 8. The first-order chi connectivity index (χ1) is 57.7. The highest BCUT2D eigenvalue weighted by atomic mass is 16.3. The summed E-state index contributed by atoms with van der Waals surface area (Å²) in [6, 6.07) is 0. The monoisotopic (exact) mass is 1720 g/mol. The topological polar surface area (TPSA) is 243 Å². The van der Waals surface area contributed by atoms with E-state index in [2.05, 4.69) is 158 Å². The van der Waals surface area contributed by atoms with Crippen molar-refractivity contribution in [2.45, 2.75) is 441 Å². The van der Waals surface area contributed by atoms with E-state index in [0.29, 0.717) is 166 Å². The smallest absolute Gasteiger partial charge is 0.0809 e. The molecule has 12 heteroatoms. The Labute approximate surface area is 755 Å². The SMILES string of the molecule is C=C1[C@H](O)CC(=C/C=C2\CCC[C@@]3(C)C2CCC3[C@@H](C)[C@@H](C)CCC(C)(C)O)C[C@H]1O.C=C1[C@H](O)CC(=C/C=C2\CCC[C@@]3(C)C2CCC3[C@@H](C)[C@H](C)CCC(C)(C)O)C[C@H]1O.C=C1[C@H](O)CC(=C/C=C2\CCC[C@@]3(C)C2CCC3[C@H](C)[C@@H](C)CCC(C)(C)O)C[C@H]1O.C=C1[C@H](O)CC(=C/C=C2\CCC[C@@]3(C)C2CCC3[C@H](C)[C@H](C)CCC(C)(C)O)C[C@H]1O. The van der Waals surface area contributed by atoms with Gasteiger partial charge in [-0.1, -0.05) is 203 Å². The van der Waals surface area contributed by atoms with Crippen LogP contribution in [0.15, 0.2) is 142 Å². The van der Waals surface area contributed by atoms with Crippen LogP contribution in [0.1, 0.15) is 370 Å². The molecule has 0 aromatic heterocycles. The van der Waals surface area contributed by atoms with Crippen LogP contribution in [0.25, 0.3) is 0 Å². The van der Waals surface area contributed by atoms with Gasteiger partial charge in [0.05, 0.1) is 71.2 Å². The molecular weight excluding hydrogens is 1540 g/mol. The van der Waals surface area contributed by atoms with E-state index >= 15 is 0 Å². The highest BCUT2D eigenvalue weighted by Gasteiger charge is 2.56. The number of fused-ring (bicyclic) bond motifs is 4. The molecule has 12 fully saturated rings. The zero-order chi connectivity index (χ0) is 91.9. The fourth-order valence-corrected chi connectivity index (χ4v) is 27.2. The molecule has 0 saturated heterocycles. The van der Waals surface area contributed by atoms with Crippen LogP contribution in [-0.4, -0.2) is 133 Å². The van der Waals surface area contributed by atoms with E-state index in [-0.39, 0.29) is 0 Å². The maximum absolute atomic E-state index is 10.2. The first-order valence-electron chi connectivity index (χ1n) is 50.3. The Morgan fingerprint density at radius 3 is 0.597 bits per heavy atom. The Bertz CT molecular complexity index is 3270. The molecule has 12 aliphatic rings. The van der Waals surface area contributed by atoms with Crippen molar-refractivity contribution < 1.29 is 61.3 Å². The molecule has 0 aliphatic heterocycles. The fraction of sp³-hybridized carbons (Fsp3) is 0.786. The van der Waals surface area contributed by atoms with Gasteiger partial charge in [-0.2, -0.15) is 0 Å². The van der Waals surface area contributed by atoms with Crippen LogP contribution in [-0.2, 0) is 0 Å². The lowest BCUT2D eigenvalue weighted by molar-refractivity contribution is 0.0442. The van der Waals surface area contributed by atoms with Gasteiger partial charge in [0.2, 0.25) is 0 Å². The summed E-state index contributed by atoms with van der Waals surface area (Å²) in [6.45, 7) is 60.1. The zero-order valence-corrected chi connectivity index (χ0v) is 82.1. The van der Waals surface area contributed by atoms with Gasteiger partial charge in [-0.3, -0.25) is 0 Å². The molecule has 12 aliphatic carbocycles. The normalized spacial score (nSPS) is 37.6. The second-order valence-electron chi connectivity index (χ2n) is 47.5. The predicted octanol–water partition coefficient (Wildman–Crippen LogP) is 23.8. The highest BCUT2D eigenvalue weighted by Crippen LogP contribution is 2.65. The molecule has 12 nitrogen and oxygen atoms in total. The minimum atomic E-state index is -0.618. The minimum absolute atomic E-state index is 0.366. The molecule has 12 N–H and O–H groups in total. The van der Waals surface area contributed by atoms with Crippen LogP contribution in [0, 0.1) is 116 Å². The van der Waals surface area contributed by atoms with Crippen LogP contribution in [0.5, 0.6) is 0 Å². The molecule has 0 amide bonds. The third-order valence-corrected chi connectivity index (χ3v) is 36.3. The molecule has 124 heavy (non-hydrogen) atoms. The molecule has 0 aromatic rings. The Kier molecular flexibility index (Phi) is 36.4. The Hall–Kier alpha value is -3.60. The van der Waals surface area contributed by atoms with Crippen LogP contribution in [0.4, 0.5) is 0 Å². The van der Waals surface area contributed by atoms with Crippen LogP contribution in [0.2, 0.25) is 0 Å². The van der Waals surface area contributed by atoms with Gasteiger partial charge in [0, 0.05) is 0 Å². The van der Waals surface area contributed by atoms with Crippen molar-refractivity contribution in [2.75, 3.05) is 0 Å². The highest BCUT2D eigenvalue weighted by molar-refractivity contribution is 5.35. The summed E-state index contributed by atoms with van der Waals surface area (Å²) in [7, 11) is 0. The number of hydrogen-bond donors (Lipinski definition) is 12. The lowest BCUT2D eigenvalue weighted by Gasteiger charge is -2.45. The van der Waals surface area contributed by atoms with Crippen molar-refractivity contribution in [1.29, 1.82) is 0 Å². The fourth-order valence-electron chi connectivity index (χ4n) is 27.2. The molecule has 0 bridgehead atoms. The summed E-state index contributed by atoms with van der Waals surface area (Å²) >= 11 is 0. The quantitative estimate of drug-likeness (QED) is 0.0404. The summed E-state index contributed by atoms with van der Waals surface area (Å²) in [6.07, 6.45) is 51.0. The van der Waals surface area contributed by atoms with Crippen molar-refractivity contribution in [3.63, 3.8) is 0 Å². The van der Waals surface area contributed by atoms with E-state index in [1.165, 1.54) is 128 Å². The molecule has 12 rings (SSSR count). The Morgan fingerprint density at radius 2 is 0.444 bits per heavy atom. The van der Waals surface area contributed by atoms with Crippen molar-refractivity contribution in [3.05, 3.63) is 142 Å². The first-order valence-corrected chi connectivity index (χ1v) is 50.3. The zero-order valence-electron chi connectivity index (χ0n) is 82.1. The van der Waals surface area contributed by atoms with Crippen molar-refractivity contribution in [3.8, 4) is 0 Å². The van der Waals surface area contributed by atoms with E-state index in [1.54, 1.807) is 22.3 Å². The molecule has 28 atom stereocenters. The number of allylic oxidation sites excluding steroid dienone is 12. The molecule has 0 heterocycles. The molecule has 704 valence electrons. The summed E-state index contributed by atoms with van der Waals surface area (Å²) in [5.41, 5.74) is 12.2. The molecule has 8 unspecified atom stereocenters. The van der Waals surface area contributed by atoms with E-state index in [1.807, 2.05) is 55.4 Å². The molecule has 0 radical (unpaired) electrons. The van der Waals surface area contributed by atoms with E-state index in [0.717, 1.165) is 97.3 Å². The van der Waals surface area contributed by atoms with E-state index < -0.39 is 71.2 Å². The first kappa shape index (κ1) is 104. The van der Waals surface area contributed by atoms with Crippen molar-refractivity contribution in [1.82, 2.24) is 0 Å². The Balaban J connectivity index is 0.000000187. The van der Waals surface area contributed by atoms with Gasteiger partial charge in [-0.25, -0.2) is 0 Å². The largest absolute Gasteiger partial charge is 0.390 e. The van der Waals surface area contributed by atoms with Crippen LogP contribution >= 0.6 is 0 Å². The standard InChI is InChI=1S/4C28H46O3/c4*1-18(13-15-27(4,5)31)19(2)23-11-12-24-22(8-7-14-28(23,24)6)10-9-21-16-25(29)20(3)26(30)17-21/h4*9-10,18-19,23-26,29-31H,3,7-8,11-17H2,1-2,4-6H3/b4*22-10+/t18-,19+,23?,24?,25+,26+,28+;18-,19+,23?,24?,25-,26-,28-;18-,19-,23?,24?,25+,26+,28+;18-,19-,23?,24?,25-,26-,28-/m0101/s1.